The van der Waals surface area contributed by atoms with Gasteiger partial charge in [0.15, 0.2) is 10.3 Å². The molecule has 26 heavy (non-hydrogen) atoms. The van der Waals surface area contributed by atoms with Crippen molar-refractivity contribution in [2.24, 2.45) is 0 Å². The van der Waals surface area contributed by atoms with Gasteiger partial charge in [-0.05, 0) is 19.1 Å². The summed E-state index contributed by atoms with van der Waals surface area (Å²) >= 11 is 2.48. The van der Waals surface area contributed by atoms with Gasteiger partial charge in [-0.1, -0.05) is 35.2 Å². The summed E-state index contributed by atoms with van der Waals surface area (Å²) in [6, 6.07) is 6.93. The predicted octanol–water partition coefficient (Wildman–Crippen LogP) is 1.93. The van der Waals surface area contributed by atoms with E-state index in [-0.39, 0.29) is 17.6 Å². The van der Waals surface area contributed by atoms with E-state index >= 15 is 0 Å². The Labute approximate surface area is 156 Å². The van der Waals surface area contributed by atoms with Crippen LogP contribution < -0.4 is 11.1 Å². The summed E-state index contributed by atoms with van der Waals surface area (Å²) in [4.78, 5) is 28.3. The normalized spacial score (nSPS) is 12.1. The third-order valence-corrected chi connectivity index (χ3v) is 5.40. The van der Waals surface area contributed by atoms with Crippen LogP contribution in [0.5, 0.6) is 0 Å². The van der Waals surface area contributed by atoms with Crippen molar-refractivity contribution in [2.45, 2.75) is 18.1 Å². The molecule has 136 valence electrons. The van der Waals surface area contributed by atoms with E-state index in [9.17, 15) is 9.59 Å². The number of amides is 1. The maximum Gasteiger partial charge on any atom is 0.316 e. The lowest BCUT2D eigenvalue weighted by Gasteiger charge is -2.15. The Balaban J connectivity index is 1.75. The first-order valence-corrected chi connectivity index (χ1v) is 9.36. The minimum absolute atomic E-state index is 0.0425. The summed E-state index contributed by atoms with van der Waals surface area (Å²) in [6.07, 6.45) is 0. The second-order valence-corrected chi connectivity index (χ2v) is 7.20. The number of rotatable bonds is 6. The molecule has 3 rings (SSSR count). The number of benzene rings is 1. The molecule has 9 nitrogen and oxygen atoms in total. The zero-order valence-electron chi connectivity index (χ0n) is 14.0. The van der Waals surface area contributed by atoms with E-state index in [4.69, 9.17) is 5.73 Å². The Hall–Kier alpha value is -2.66. The molecule has 0 saturated carbocycles. The van der Waals surface area contributed by atoms with E-state index in [2.05, 4.69) is 25.2 Å². The van der Waals surface area contributed by atoms with Gasteiger partial charge in [0.25, 0.3) is 0 Å². The molecule has 2 heterocycles. The van der Waals surface area contributed by atoms with Crippen LogP contribution in [0.1, 0.15) is 13.0 Å². The Morgan fingerprint density at radius 1 is 1.38 bits per heavy atom. The van der Waals surface area contributed by atoms with E-state index < -0.39 is 12.0 Å². The summed E-state index contributed by atoms with van der Waals surface area (Å²) in [5.41, 5.74) is 6.66. The minimum atomic E-state index is -0.683. The molecule has 0 aliphatic rings. The Bertz CT molecular complexity index is 921. The Morgan fingerprint density at radius 2 is 2.15 bits per heavy atom. The number of thioether (sulfide) groups is 1. The largest absolute Gasteiger partial charge is 0.468 e. The zero-order valence-corrected chi connectivity index (χ0v) is 15.6. The van der Waals surface area contributed by atoms with Crippen LogP contribution >= 0.6 is 23.1 Å². The van der Waals surface area contributed by atoms with Gasteiger partial charge >= 0.3 is 5.97 Å². The third-order valence-electron chi connectivity index (χ3n) is 3.53. The fourth-order valence-corrected chi connectivity index (χ4v) is 3.91. The highest BCUT2D eigenvalue weighted by molar-refractivity contribution is 7.99. The molecular weight excluding hydrogens is 376 g/mol. The Kier molecular flexibility index (Phi) is 5.38. The number of hydrogen-bond acceptors (Lipinski definition) is 9. The molecule has 2 aromatic heterocycles. The summed E-state index contributed by atoms with van der Waals surface area (Å²) < 4.78 is 7.05. The first-order valence-electron chi connectivity index (χ1n) is 7.56. The molecule has 3 N–H and O–H groups in total. The highest BCUT2D eigenvalue weighted by Gasteiger charge is 2.23. The quantitative estimate of drug-likeness (QED) is 0.481. The molecule has 0 aliphatic carbocycles. The lowest BCUT2D eigenvalue weighted by molar-refractivity contribution is -0.137. The number of fused-ring (bicyclic) bond motifs is 1. The van der Waals surface area contributed by atoms with Crippen molar-refractivity contribution in [3.63, 3.8) is 0 Å². The van der Waals surface area contributed by atoms with Gasteiger partial charge in [0, 0.05) is 0 Å². The van der Waals surface area contributed by atoms with Crippen LogP contribution in [0.4, 0.5) is 11.1 Å². The molecule has 1 unspecified atom stereocenters. The number of nitrogens with one attached hydrogen (secondary N) is 1. The standard InChI is InChI=1S/C15H16N6O3S2/c1-8(21-13(16)19-20-15(21)25-7-11(22)24-2)12(23)18-14-17-9-5-3-4-6-10(9)26-14/h3-6,8H,7H2,1-2H3,(H2,16,19)(H,17,18,23). The van der Waals surface area contributed by atoms with Crippen molar-refractivity contribution in [3.8, 4) is 0 Å². The van der Waals surface area contributed by atoms with Gasteiger partial charge in [-0.3, -0.25) is 14.2 Å². The van der Waals surface area contributed by atoms with Crippen molar-refractivity contribution in [1.82, 2.24) is 19.7 Å². The topological polar surface area (TPSA) is 125 Å². The third kappa shape index (κ3) is 3.78. The van der Waals surface area contributed by atoms with Gasteiger partial charge in [-0.25, -0.2) is 4.98 Å². The number of nitrogens with zero attached hydrogens (tertiary/aromatic N) is 4. The van der Waals surface area contributed by atoms with Crippen LogP contribution in [-0.4, -0.2) is 44.5 Å². The van der Waals surface area contributed by atoms with Crippen LogP contribution in [0.25, 0.3) is 10.2 Å². The molecule has 0 bridgehead atoms. The van der Waals surface area contributed by atoms with Crippen LogP contribution in [-0.2, 0) is 14.3 Å². The SMILES string of the molecule is COC(=O)CSc1nnc(N)n1C(C)C(=O)Nc1nc2ccccc2s1. The molecule has 0 saturated heterocycles. The lowest BCUT2D eigenvalue weighted by atomic mass is 10.3. The smallest absolute Gasteiger partial charge is 0.316 e. The number of methoxy groups -OCH3 is 1. The summed E-state index contributed by atoms with van der Waals surface area (Å²) in [6.45, 7) is 1.67. The fraction of sp³-hybridized carbons (Fsp3) is 0.267. The summed E-state index contributed by atoms with van der Waals surface area (Å²) in [7, 11) is 1.30. The maximum atomic E-state index is 12.6. The number of nitrogen functional groups attached to an aromatic ring is 1. The van der Waals surface area contributed by atoms with Crippen molar-refractivity contribution < 1.29 is 14.3 Å². The zero-order chi connectivity index (χ0) is 18.7. The average Bonchev–Trinajstić information content (AvgIpc) is 3.21. The predicted molar refractivity (Wildman–Crippen MR) is 100 cm³/mol. The number of carbonyl (C=O) groups excluding carboxylic acids is 2. The fourth-order valence-electron chi connectivity index (χ4n) is 2.19. The molecule has 0 fully saturated rings. The van der Waals surface area contributed by atoms with Crippen LogP contribution in [0.3, 0.4) is 0 Å². The van der Waals surface area contributed by atoms with Gasteiger partial charge in [0.05, 0.1) is 23.1 Å². The number of anilines is 2. The van der Waals surface area contributed by atoms with E-state index in [1.54, 1.807) is 6.92 Å². The van der Waals surface area contributed by atoms with Gasteiger partial charge in [0.2, 0.25) is 11.9 Å². The number of nitrogens with two attached hydrogens (primary N) is 1. The maximum absolute atomic E-state index is 12.6. The Morgan fingerprint density at radius 3 is 2.88 bits per heavy atom. The van der Waals surface area contributed by atoms with E-state index in [1.807, 2.05) is 24.3 Å². The van der Waals surface area contributed by atoms with Crippen LogP contribution in [0.2, 0.25) is 0 Å². The number of ether oxygens (including phenoxy) is 1. The van der Waals surface area contributed by atoms with Gasteiger partial charge in [0.1, 0.15) is 6.04 Å². The molecule has 1 aromatic carbocycles. The highest BCUT2D eigenvalue weighted by Crippen LogP contribution is 2.27. The van der Waals surface area contributed by atoms with Crippen molar-refractivity contribution in [1.29, 1.82) is 0 Å². The van der Waals surface area contributed by atoms with E-state index in [1.165, 1.54) is 23.0 Å². The van der Waals surface area contributed by atoms with Crippen molar-refractivity contribution in [3.05, 3.63) is 24.3 Å². The molecule has 11 heteroatoms. The van der Waals surface area contributed by atoms with Crippen LogP contribution in [0, 0.1) is 0 Å². The summed E-state index contributed by atoms with van der Waals surface area (Å²) in [5.74, 6) is -0.588. The van der Waals surface area contributed by atoms with Crippen molar-refractivity contribution in [2.75, 3.05) is 23.9 Å². The number of aromatic nitrogens is 4. The number of thiazole rings is 1. The monoisotopic (exact) mass is 392 g/mol. The lowest BCUT2D eigenvalue weighted by Crippen LogP contribution is -2.25. The molecule has 0 aliphatic heterocycles. The number of esters is 1. The van der Waals surface area contributed by atoms with Gasteiger partial charge in [-0.15, -0.1) is 10.2 Å². The molecule has 0 spiro atoms. The first kappa shape index (κ1) is 18.1. The molecular formula is C15H16N6O3S2. The molecule has 1 atom stereocenters. The first-order chi connectivity index (χ1) is 12.5. The highest BCUT2D eigenvalue weighted by atomic mass is 32.2. The molecule has 3 aromatic rings. The van der Waals surface area contributed by atoms with E-state index in [0.717, 1.165) is 22.0 Å². The van der Waals surface area contributed by atoms with Gasteiger partial charge < -0.3 is 15.8 Å². The van der Waals surface area contributed by atoms with E-state index in [0.29, 0.717) is 10.3 Å². The second-order valence-electron chi connectivity index (χ2n) is 5.23. The molecule has 1 amide bonds. The van der Waals surface area contributed by atoms with Crippen LogP contribution in [0.15, 0.2) is 29.4 Å². The van der Waals surface area contributed by atoms with Crippen molar-refractivity contribution >= 4 is 56.3 Å². The summed E-state index contributed by atoms with van der Waals surface area (Å²) in [5, 5.41) is 11.4. The number of para-hydroxylation sites is 1. The number of hydrogen-bond donors (Lipinski definition) is 2. The van der Waals surface area contributed by atoms with Gasteiger partial charge in [-0.2, -0.15) is 0 Å². The average molecular weight is 392 g/mol. The minimum Gasteiger partial charge on any atom is -0.468 e. The molecule has 0 radical (unpaired) electrons. The second kappa shape index (κ2) is 7.70. The number of carbonyl (C=O) groups is 2.